The number of hydrogen-bond acceptors (Lipinski definition) is 28. The smallest absolute Gasteiger partial charge is 0.336 e. The van der Waals surface area contributed by atoms with Crippen molar-refractivity contribution in [1.82, 2.24) is 62.1 Å². The highest BCUT2D eigenvalue weighted by Gasteiger charge is 2.42. The number of Topliss-reactive ketones (excluding diaryl/α,β-unsaturated/α-hetero) is 7. The molecule has 0 radical (unpaired) electrons. The van der Waals surface area contributed by atoms with E-state index < -0.39 is 295 Å². The molecule has 7 rings (SSSR count). The van der Waals surface area contributed by atoms with Crippen LogP contribution in [-0.2, 0) is 99.1 Å². The number of aromatic amines is 2. The zero-order valence-corrected chi connectivity index (χ0v) is 73.1. The number of nitrogens with two attached hydrogens (primary N) is 1. The van der Waals surface area contributed by atoms with Crippen molar-refractivity contribution in [1.29, 1.82) is 0 Å². The van der Waals surface area contributed by atoms with E-state index in [1.165, 1.54) is 142 Å². The van der Waals surface area contributed by atoms with Gasteiger partial charge < -0.3 is 92.8 Å². The number of likely N-dealkylation sites (tertiary alicyclic amines) is 1. The summed E-state index contributed by atoms with van der Waals surface area (Å²) < 4.78 is 5.92. The summed E-state index contributed by atoms with van der Waals surface area (Å²) in [6, 6.07) is 3.11. The van der Waals surface area contributed by atoms with Crippen LogP contribution in [0.5, 0.6) is 5.75 Å². The summed E-state index contributed by atoms with van der Waals surface area (Å²) in [6.07, 6.45) is -4.43. The number of nitrogens with one attached hydrogen (secondary N) is 9. The van der Waals surface area contributed by atoms with Gasteiger partial charge in [0.1, 0.15) is 22.9 Å². The molecule has 41 nitrogen and oxygen atoms in total. The van der Waals surface area contributed by atoms with Gasteiger partial charge in [0.05, 0.1) is 101 Å². The minimum absolute atomic E-state index is 0.0176. The van der Waals surface area contributed by atoms with Crippen LogP contribution < -0.4 is 48.4 Å². The van der Waals surface area contributed by atoms with Crippen molar-refractivity contribution in [2.75, 3.05) is 18.8 Å². The average Bonchev–Trinajstić information content (AvgIpc) is 1.39. The zero-order valence-electron chi connectivity index (χ0n) is 72.3. The number of carbonyl (C=O) groups excluding carboxylic acids is 17. The Hall–Kier alpha value is -13.4. The highest BCUT2D eigenvalue weighted by atomic mass is 32.2. The standard InChI is InChI=1S/C87H107N13O28S/c1-40(79(118)94-45(6)67(108)26-51(12-19-76(115)116)83(122)99-63(28-53-35-89-38-92-53)69(110)32-60(47(8)102)78(88)117)22-65(106)43(4)96-84(123)52(37-129-73-34-74(112)100(86(73)125)21-20-91-81(120)50-10-15-57(87(126)127)62(25-50)77-58-16-13-55(104)30-71(58)128-72-31-56(105)14-17-59(72)77)27-68(109)46(7)95-80(119)41(2)23-66(107)44(5)97-85(124)61(48(9)103)33-70(111)64(29-54-36-90-39-93-54)98-82(121)49(24-42(3)101)11-18-75(113)114/h10,13-17,25,30-31,35-36,38-41,43-49,51-52,60-61,63-64,73,102-104H,11-12,18-24,26-29,32-34,37H2,1-9H3,(H2,88,117)(H,89,92)(H,90,93)(H,91,120)(H,94,118)(H,95,119)(H,96,123)(H,97,124)(H,98,121)(H,99,122)(H,113,114)(H,115,116)(H,126,127)/t40-,41-,43+,44+,45+,46+,47+,48+,49+,51+,52+,60-,61-,63-,64-,73?/m0/s1. The second kappa shape index (κ2) is 47.4. The number of aromatic carboxylic acids is 1. The molecule has 3 aliphatic rings. The first-order chi connectivity index (χ1) is 60.7. The molecule has 4 aromatic rings. The molecule has 42 heteroatoms. The number of aliphatic carboxylic acids is 2. The van der Waals surface area contributed by atoms with E-state index in [0.717, 1.165) is 16.7 Å². The van der Waals surface area contributed by atoms with Gasteiger partial charge in [0.2, 0.25) is 53.2 Å². The van der Waals surface area contributed by atoms with Gasteiger partial charge in [-0.05, 0) is 109 Å². The van der Waals surface area contributed by atoms with Crippen LogP contribution in [0.1, 0.15) is 171 Å². The molecule has 0 bridgehead atoms. The van der Waals surface area contributed by atoms with Crippen LogP contribution >= 0.6 is 11.8 Å². The summed E-state index contributed by atoms with van der Waals surface area (Å²) in [6.45, 7) is 10.5. The molecule has 17 N–H and O–H groups in total. The van der Waals surface area contributed by atoms with E-state index >= 15 is 0 Å². The van der Waals surface area contributed by atoms with E-state index in [9.17, 15) is 131 Å². The summed E-state index contributed by atoms with van der Waals surface area (Å²) in [5, 5.41) is 77.3. The van der Waals surface area contributed by atoms with Crippen molar-refractivity contribution >= 4 is 140 Å². The monoisotopic (exact) mass is 1810 g/mol. The Kier molecular flexibility index (Phi) is 37.8. The number of carboxylic acids is 3. The van der Waals surface area contributed by atoms with Gasteiger partial charge in [0.25, 0.3) is 5.91 Å². The number of H-pyrrole nitrogens is 2. The van der Waals surface area contributed by atoms with Crippen LogP contribution in [0.25, 0.3) is 33.4 Å². The Balaban J connectivity index is 1.02. The van der Waals surface area contributed by atoms with E-state index in [1.807, 2.05) is 0 Å². The topological polar surface area (TPSA) is 664 Å². The number of phenolic OH excluding ortho intramolecular Hbond substituents is 1. The molecule has 0 spiro atoms. The minimum Gasteiger partial charge on any atom is -0.508 e. The number of aliphatic hydroxyl groups excluding tert-OH is 2. The molecular formula is C87H107N13O28S. The summed E-state index contributed by atoms with van der Waals surface area (Å²) in [4.78, 5) is 296. The molecule has 1 saturated heterocycles. The molecule has 1 fully saturated rings. The Labute approximate surface area is 742 Å². The number of phenols is 1. The number of benzene rings is 3. The summed E-state index contributed by atoms with van der Waals surface area (Å²) in [7, 11) is 0. The third kappa shape index (κ3) is 29.9. The Morgan fingerprint density at radius 2 is 1.02 bits per heavy atom. The Morgan fingerprint density at radius 1 is 0.543 bits per heavy atom. The lowest BCUT2D eigenvalue weighted by Gasteiger charge is -2.25. The van der Waals surface area contributed by atoms with E-state index in [-0.39, 0.29) is 88.5 Å². The van der Waals surface area contributed by atoms with Crippen molar-refractivity contribution in [3.05, 3.63) is 112 Å². The van der Waals surface area contributed by atoms with Crippen LogP contribution in [0, 0.1) is 41.4 Å². The molecule has 1 aliphatic carbocycles. The number of nitrogens with zero attached hydrogens (tertiary/aromatic N) is 3. The van der Waals surface area contributed by atoms with E-state index in [0.29, 0.717) is 5.39 Å². The SMILES string of the molecule is CC(=O)C[C@@H](CCC(=O)O)C(=O)N[C@@H](Cc1c[nH]cn1)C(=O)C[C@H](C(=O)N[C@H](C)C(=O)C[C@H](C)C(=O)N[C@H](C)C(=O)C[C@H](CSC1CC(=O)N(CCNC(=O)c2ccc(C(=O)O)c(-c3c4ccc(=O)cc-4oc4cc(O)ccc34)c2)C1=O)C(=O)N[C@H](C)C(=O)C[C@H](C)C(=O)N[C@H](C)C(=O)C[C@@H](CCC(=O)O)C(=O)N[C@@H](Cc1c[nH]cn1)C(=O)C[C@H](C(N)=O)[C@@H](C)O)[C@@H](C)O. The average molecular weight is 1810 g/mol. The number of aromatic nitrogens is 4. The van der Waals surface area contributed by atoms with Gasteiger partial charge in [-0.1, -0.05) is 13.8 Å². The number of fused-ring (bicyclic) bond motifs is 2. The first kappa shape index (κ1) is 103. The normalized spacial score (nSPS) is 16.1. The van der Waals surface area contributed by atoms with Gasteiger partial charge in [0, 0.05) is 166 Å². The molecule has 10 amide bonds. The van der Waals surface area contributed by atoms with Crippen molar-refractivity contribution in [3.8, 4) is 28.2 Å². The van der Waals surface area contributed by atoms with Gasteiger partial charge in [-0.2, -0.15) is 0 Å². The minimum atomic E-state index is -1.54. The molecule has 16 atom stereocenters. The summed E-state index contributed by atoms with van der Waals surface area (Å²) >= 11 is 0.774. The lowest BCUT2D eigenvalue weighted by atomic mass is 9.89. The molecule has 4 heterocycles. The molecule has 2 aromatic heterocycles. The van der Waals surface area contributed by atoms with Crippen molar-refractivity contribution < 1.29 is 131 Å². The highest BCUT2D eigenvalue weighted by molar-refractivity contribution is 8.00. The number of rotatable bonds is 54. The predicted molar refractivity (Wildman–Crippen MR) is 457 cm³/mol. The Morgan fingerprint density at radius 3 is 1.50 bits per heavy atom. The van der Waals surface area contributed by atoms with Gasteiger partial charge in [-0.3, -0.25) is 96.0 Å². The fraction of sp³-hybridized carbons (Fsp3) is 0.483. The second-order valence-corrected chi connectivity index (χ2v) is 33.6. The van der Waals surface area contributed by atoms with Crippen molar-refractivity contribution in [2.45, 2.75) is 206 Å². The number of hydrogen-bond donors (Lipinski definition) is 16. The van der Waals surface area contributed by atoms with E-state index in [1.54, 1.807) is 0 Å². The van der Waals surface area contributed by atoms with Crippen LogP contribution in [0.3, 0.4) is 0 Å². The number of imide groups is 1. The van der Waals surface area contributed by atoms with Crippen molar-refractivity contribution in [2.24, 2.45) is 47.2 Å². The molecule has 129 heavy (non-hydrogen) atoms. The van der Waals surface area contributed by atoms with Crippen LogP contribution in [-0.4, -0.2) is 245 Å². The third-order valence-electron chi connectivity index (χ3n) is 22.1. The maximum absolute atomic E-state index is 14.6. The van der Waals surface area contributed by atoms with Crippen LogP contribution in [0.2, 0.25) is 0 Å². The number of carboxylic acid groups (broad SMARTS) is 3. The van der Waals surface area contributed by atoms with Gasteiger partial charge in [-0.25, -0.2) is 14.8 Å². The van der Waals surface area contributed by atoms with E-state index in [2.05, 4.69) is 57.2 Å². The number of amides is 10. The summed E-state index contributed by atoms with van der Waals surface area (Å²) in [5.74, 6) is -27.8. The lowest BCUT2D eigenvalue weighted by molar-refractivity contribution is -0.139. The predicted octanol–water partition coefficient (Wildman–Crippen LogP) is 1.54. The lowest BCUT2D eigenvalue weighted by Crippen LogP contribution is -2.49. The third-order valence-corrected chi connectivity index (χ3v) is 23.4. The number of primary amides is 1. The van der Waals surface area contributed by atoms with Crippen molar-refractivity contribution in [3.63, 3.8) is 0 Å². The molecule has 1 unspecified atom stereocenters. The number of ketones is 7. The molecular weight excluding hydrogens is 1710 g/mol. The number of imidazole rings is 2. The molecule has 694 valence electrons. The van der Waals surface area contributed by atoms with Gasteiger partial charge >= 0.3 is 17.9 Å². The Bertz CT molecular complexity index is 5240. The van der Waals surface area contributed by atoms with E-state index in [4.69, 9.17) is 10.2 Å². The zero-order chi connectivity index (χ0) is 95.7. The maximum Gasteiger partial charge on any atom is 0.336 e. The second-order valence-electron chi connectivity index (χ2n) is 32.4. The first-order valence-electron chi connectivity index (χ1n) is 41.6. The largest absolute Gasteiger partial charge is 0.508 e. The molecule has 2 aliphatic heterocycles. The van der Waals surface area contributed by atoms with Gasteiger partial charge in [-0.15, -0.1) is 11.8 Å². The van der Waals surface area contributed by atoms with Crippen LogP contribution in [0.4, 0.5) is 0 Å². The summed E-state index contributed by atoms with van der Waals surface area (Å²) in [5.41, 5.74) is 5.83. The van der Waals surface area contributed by atoms with Crippen LogP contribution in [0.15, 0.2) is 88.9 Å². The fourth-order valence-corrected chi connectivity index (χ4v) is 15.6. The van der Waals surface area contributed by atoms with Gasteiger partial charge in [0.15, 0.2) is 40.1 Å². The fourth-order valence-electron chi connectivity index (χ4n) is 14.4. The molecule has 2 aromatic carbocycles. The molecule has 0 saturated carbocycles. The number of aromatic hydroxyl groups is 1. The maximum atomic E-state index is 14.6. The highest BCUT2D eigenvalue weighted by Crippen LogP contribution is 2.43. The quantitative estimate of drug-likeness (QED) is 0.0190. The number of aliphatic hydroxyl groups is 2. The number of carbonyl (C=O) groups is 20. The first-order valence-corrected chi connectivity index (χ1v) is 42.6. The number of thioether (sulfide) groups is 1.